The predicted octanol–water partition coefficient (Wildman–Crippen LogP) is 4.60. The van der Waals surface area contributed by atoms with E-state index in [-0.39, 0.29) is 0 Å². The number of aromatic nitrogens is 2. The summed E-state index contributed by atoms with van der Waals surface area (Å²) in [7, 11) is 0. The van der Waals surface area contributed by atoms with E-state index in [4.69, 9.17) is 12.2 Å². The summed E-state index contributed by atoms with van der Waals surface area (Å²) in [5.74, 6) is 0.949. The Bertz CT molecular complexity index is 661. The lowest BCUT2D eigenvalue weighted by atomic mass is 9.95. The second-order valence-corrected chi connectivity index (χ2v) is 5.50. The molecule has 0 radical (unpaired) electrons. The van der Waals surface area contributed by atoms with Gasteiger partial charge in [0.25, 0.3) is 0 Å². The van der Waals surface area contributed by atoms with Crippen molar-refractivity contribution in [1.82, 2.24) is 9.97 Å². The molecular weight excluding hydrogens is 252 g/mol. The van der Waals surface area contributed by atoms with Gasteiger partial charge < -0.3 is 4.98 Å². The van der Waals surface area contributed by atoms with Gasteiger partial charge >= 0.3 is 0 Å². The lowest BCUT2D eigenvalue weighted by molar-refractivity contribution is 0.924. The molecule has 0 spiro atoms. The minimum absolute atomic E-state index is 0.699. The molecule has 0 aliphatic heterocycles. The third-order valence-electron chi connectivity index (χ3n) is 3.46. The van der Waals surface area contributed by atoms with Crippen LogP contribution < -0.4 is 0 Å². The van der Waals surface area contributed by atoms with Crippen LogP contribution in [0.25, 0.3) is 11.3 Å². The molecule has 2 aromatic rings. The summed E-state index contributed by atoms with van der Waals surface area (Å²) < 4.78 is 0.699. The molecule has 0 aliphatic carbocycles. The average molecular weight is 272 g/mol. The predicted molar refractivity (Wildman–Crippen MR) is 83.2 cm³/mol. The van der Waals surface area contributed by atoms with Crippen LogP contribution in [0, 0.1) is 32.3 Å². The fourth-order valence-corrected chi connectivity index (χ4v) is 2.78. The van der Waals surface area contributed by atoms with E-state index in [1.807, 2.05) is 6.92 Å². The lowest BCUT2D eigenvalue weighted by Crippen LogP contribution is -2.02. The highest BCUT2D eigenvalue weighted by Gasteiger charge is 2.12. The van der Waals surface area contributed by atoms with E-state index < -0.39 is 0 Å². The standard InChI is InChI=1S/C16H20N2S/c1-6-13-17-15(12(5)16(19)18-13)14-10(3)7-9(2)8-11(14)4/h7-8H,6H2,1-5H3,(H,17,18,19). The molecule has 0 fully saturated rings. The quantitative estimate of drug-likeness (QED) is 0.809. The van der Waals surface area contributed by atoms with Gasteiger partial charge in [0, 0.05) is 17.5 Å². The molecule has 1 heterocycles. The highest BCUT2D eigenvalue weighted by Crippen LogP contribution is 2.29. The first-order valence-corrected chi connectivity index (χ1v) is 7.02. The molecule has 19 heavy (non-hydrogen) atoms. The second kappa shape index (κ2) is 5.25. The van der Waals surface area contributed by atoms with Crippen LogP contribution in [0.2, 0.25) is 0 Å². The third-order valence-corrected chi connectivity index (χ3v) is 3.86. The average Bonchev–Trinajstić information content (AvgIpc) is 2.32. The minimum atomic E-state index is 0.699. The second-order valence-electron chi connectivity index (χ2n) is 5.12. The van der Waals surface area contributed by atoms with Crippen molar-refractivity contribution in [2.75, 3.05) is 0 Å². The van der Waals surface area contributed by atoms with Crippen molar-refractivity contribution >= 4 is 12.2 Å². The molecule has 100 valence electrons. The zero-order valence-corrected chi connectivity index (χ0v) is 13.0. The molecule has 1 N–H and O–H groups in total. The van der Waals surface area contributed by atoms with Gasteiger partial charge in [-0.25, -0.2) is 4.98 Å². The zero-order valence-electron chi connectivity index (χ0n) is 12.2. The van der Waals surface area contributed by atoms with Gasteiger partial charge in [0.15, 0.2) is 0 Å². The minimum Gasteiger partial charge on any atom is -0.343 e. The molecule has 0 aliphatic rings. The monoisotopic (exact) mass is 272 g/mol. The summed E-state index contributed by atoms with van der Waals surface area (Å²) in [5, 5.41) is 0. The summed E-state index contributed by atoms with van der Waals surface area (Å²) in [6.45, 7) is 10.6. The Kier molecular flexibility index (Phi) is 3.85. The molecule has 3 heteroatoms. The Labute approximate surface area is 119 Å². The van der Waals surface area contributed by atoms with Crippen molar-refractivity contribution in [2.45, 2.75) is 41.0 Å². The van der Waals surface area contributed by atoms with E-state index in [9.17, 15) is 0 Å². The number of benzene rings is 1. The molecular formula is C16H20N2S. The van der Waals surface area contributed by atoms with Crippen LogP contribution >= 0.6 is 12.2 Å². The fourth-order valence-electron chi connectivity index (χ4n) is 2.57. The van der Waals surface area contributed by atoms with Crippen LogP contribution in [0.4, 0.5) is 0 Å². The number of aryl methyl sites for hydroxylation is 4. The van der Waals surface area contributed by atoms with Gasteiger partial charge in [-0.3, -0.25) is 0 Å². The normalized spacial score (nSPS) is 10.8. The Balaban J connectivity index is 2.79. The number of H-pyrrole nitrogens is 1. The van der Waals surface area contributed by atoms with Gasteiger partial charge in [-0.2, -0.15) is 0 Å². The maximum absolute atomic E-state index is 5.38. The van der Waals surface area contributed by atoms with Gasteiger partial charge in [0.05, 0.1) is 5.69 Å². The maximum atomic E-state index is 5.38. The number of nitrogens with zero attached hydrogens (tertiary/aromatic N) is 1. The van der Waals surface area contributed by atoms with Crippen molar-refractivity contribution in [3.63, 3.8) is 0 Å². The summed E-state index contributed by atoms with van der Waals surface area (Å²) in [6.07, 6.45) is 0.862. The Morgan fingerprint density at radius 2 is 1.68 bits per heavy atom. The lowest BCUT2D eigenvalue weighted by Gasteiger charge is -2.15. The van der Waals surface area contributed by atoms with Crippen LogP contribution in [0.3, 0.4) is 0 Å². The van der Waals surface area contributed by atoms with E-state index >= 15 is 0 Å². The van der Waals surface area contributed by atoms with E-state index in [2.05, 4.69) is 49.8 Å². The van der Waals surface area contributed by atoms with Gasteiger partial charge in [-0.15, -0.1) is 0 Å². The molecule has 1 aromatic heterocycles. The maximum Gasteiger partial charge on any atom is 0.133 e. The molecule has 0 bridgehead atoms. The number of hydrogen-bond donors (Lipinski definition) is 1. The number of nitrogens with one attached hydrogen (secondary N) is 1. The molecule has 0 unspecified atom stereocenters. The molecule has 0 amide bonds. The first-order chi connectivity index (χ1) is 8.93. The van der Waals surface area contributed by atoms with Crippen molar-refractivity contribution in [1.29, 1.82) is 0 Å². The molecule has 2 rings (SSSR count). The van der Waals surface area contributed by atoms with Crippen molar-refractivity contribution in [2.24, 2.45) is 0 Å². The summed E-state index contributed by atoms with van der Waals surface area (Å²) in [5.41, 5.74) is 7.28. The number of rotatable bonds is 2. The van der Waals surface area contributed by atoms with Crippen molar-refractivity contribution < 1.29 is 0 Å². The van der Waals surface area contributed by atoms with Crippen LogP contribution in [-0.2, 0) is 6.42 Å². The highest BCUT2D eigenvalue weighted by atomic mass is 32.1. The van der Waals surface area contributed by atoms with E-state index in [0.29, 0.717) is 4.64 Å². The summed E-state index contributed by atoms with van der Waals surface area (Å²) in [4.78, 5) is 7.86. The first-order valence-electron chi connectivity index (χ1n) is 6.62. The van der Waals surface area contributed by atoms with Crippen LogP contribution in [0.1, 0.15) is 35.0 Å². The third kappa shape index (κ3) is 2.61. The largest absolute Gasteiger partial charge is 0.343 e. The van der Waals surface area contributed by atoms with Gasteiger partial charge in [0.1, 0.15) is 10.5 Å². The van der Waals surface area contributed by atoms with Crippen LogP contribution in [0.5, 0.6) is 0 Å². The first kappa shape index (κ1) is 13.9. The summed E-state index contributed by atoms with van der Waals surface area (Å²) >= 11 is 5.38. The van der Waals surface area contributed by atoms with Crippen LogP contribution in [-0.4, -0.2) is 9.97 Å². The van der Waals surface area contributed by atoms with Crippen LogP contribution in [0.15, 0.2) is 12.1 Å². The SMILES string of the molecule is CCc1nc(=S)c(C)c(-c2c(C)cc(C)cc2C)[nH]1. The Hall–Kier alpha value is -1.48. The van der Waals surface area contributed by atoms with E-state index in [1.54, 1.807) is 0 Å². The Morgan fingerprint density at radius 1 is 1.11 bits per heavy atom. The number of aromatic amines is 1. The van der Waals surface area contributed by atoms with Gasteiger partial charge in [-0.05, 0) is 38.8 Å². The topological polar surface area (TPSA) is 28.7 Å². The number of hydrogen-bond acceptors (Lipinski definition) is 2. The van der Waals surface area contributed by atoms with Crippen molar-refractivity contribution in [3.05, 3.63) is 44.9 Å². The van der Waals surface area contributed by atoms with E-state index in [0.717, 1.165) is 23.5 Å². The van der Waals surface area contributed by atoms with Crippen molar-refractivity contribution in [3.8, 4) is 11.3 Å². The van der Waals surface area contributed by atoms with Gasteiger partial charge in [-0.1, -0.05) is 36.8 Å². The molecule has 0 saturated carbocycles. The van der Waals surface area contributed by atoms with Gasteiger partial charge in [0.2, 0.25) is 0 Å². The summed E-state index contributed by atoms with van der Waals surface area (Å²) in [6, 6.07) is 4.43. The Morgan fingerprint density at radius 3 is 2.21 bits per heavy atom. The fraction of sp³-hybridized carbons (Fsp3) is 0.375. The molecule has 0 atom stereocenters. The molecule has 0 saturated heterocycles. The highest BCUT2D eigenvalue weighted by molar-refractivity contribution is 7.71. The van der Waals surface area contributed by atoms with E-state index in [1.165, 1.54) is 22.3 Å². The molecule has 1 aromatic carbocycles. The molecule has 2 nitrogen and oxygen atoms in total. The zero-order chi connectivity index (χ0) is 14.2. The smallest absolute Gasteiger partial charge is 0.133 e.